The van der Waals surface area contributed by atoms with Crippen LogP contribution in [0.25, 0.3) is 0 Å². The molecule has 0 radical (unpaired) electrons. The normalized spacial score (nSPS) is 12.7. The molecular formula is C22H27NO6. The summed E-state index contributed by atoms with van der Waals surface area (Å²) < 4.78 is 11.3. The molecule has 3 N–H and O–H groups in total. The summed E-state index contributed by atoms with van der Waals surface area (Å²) in [4.78, 5) is 23.9. The number of nitrogens with one attached hydrogen (secondary N) is 1. The number of benzene rings is 2. The zero-order valence-electron chi connectivity index (χ0n) is 16.6. The third-order valence-corrected chi connectivity index (χ3v) is 4.45. The summed E-state index contributed by atoms with van der Waals surface area (Å²) in [5.74, 6) is 0.274. The van der Waals surface area contributed by atoms with Crippen LogP contribution in [0.1, 0.15) is 42.3 Å². The third kappa shape index (κ3) is 6.58. The number of amides is 1. The number of ketones is 1. The van der Waals surface area contributed by atoms with E-state index in [4.69, 9.17) is 14.6 Å². The van der Waals surface area contributed by atoms with Gasteiger partial charge in [-0.2, -0.15) is 0 Å². The third-order valence-electron chi connectivity index (χ3n) is 4.45. The van der Waals surface area contributed by atoms with Crippen LogP contribution in [0.15, 0.2) is 48.5 Å². The predicted molar refractivity (Wildman–Crippen MR) is 109 cm³/mol. The van der Waals surface area contributed by atoms with Crippen LogP contribution in [0.3, 0.4) is 0 Å². The lowest BCUT2D eigenvalue weighted by atomic mass is 9.94. The quantitative estimate of drug-likeness (QED) is 0.526. The molecule has 0 aliphatic rings. The Bertz CT molecular complexity index is 805. The maximum atomic E-state index is 12.5. The lowest BCUT2D eigenvalue weighted by molar-refractivity contribution is 0.0641. The van der Waals surface area contributed by atoms with E-state index >= 15 is 0 Å². The zero-order valence-corrected chi connectivity index (χ0v) is 16.6. The first-order valence-corrected chi connectivity index (χ1v) is 9.48. The Balaban J connectivity index is 2.18. The molecule has 7 heteroatoms. The highest BCUT2D eigenvalue weighted by atomic mass is 16.6. The largest absolute Gasteiger partial charge is 0.491 e. The molecule has 0 saturated carbocycles. The average molecular weight is 401 g/mol. The van der Waals surface area contributed by atoms with E-state index in [0.717, 1.165) is 0 Å². The first-order valence-electron chi connectivity index (χ1n) is 9.48. The Morgan fingerprint density at radius 1 is 1.03 bits per heavy atom. The molecule has 0 aliphatic carbocycles. The molecule has 0 heterocycles. The Hall–Kier alpha value is -2.90. The predicted octanol–water partition coefficient (Wildman–Crippen LogP) is 3.57. The summed E-state index contributed by atoms with van der Waals surface area (Å²) in [5.41, 5.74) is 1.70. The molecule has 0 bridgehead atoms. The van der Waals surface area contributed by atoms with Crippen LogP contribution in [0.5, 0.6) is 5.75 Å². The molecule has 7 nitrogen and oxygen atoms in total. The van der Waals surface area contributed by atoms with Crippen LogP contribution in [0.4, 0.5) is 10.5 Å². The SMILES string of the molecule is CC(=O)c1ccc(NC(=O)O[C@@H](c2ccccc2OCCO)[C@H](C)CCO)cc1. The van der Waals surface area contributed by atoms with Crippen LogP contribution in [-0.4, -0.2) is 41.9 Å². The van der Waals surface area contributed by atoms with Gasteiger partial charge in [-0.25, -0.2) is 4.79 Å². The van der Waals surface area contributed by atoms with Crippen molar-refractivity contribution < 1.29 is 29.3 Å². The van der Waals surface area contributed by atoms with Crippen molar-refractivity contribution in [2.45, 2.75) is 26.4 Å². The van der Waals surface area contributed by atoms with Gasteiger partial charge in [0.1, 0.15) is 18.5 Å². The summed E-state index contributed by atoms with van der Waals surface area (Å²) in [6.07, 6.45) is -0.888. The van der Waals surface area contributed by atoms with Gasteiger partial charge in [0.25, 0.3) is 0 Å². The first-order chi connectivity index (χ1) is 14.0. The summed E-state index contributed by atoms with van der Waals surface area (Å²) in [5, 5.41) is 21.0. The van der Waals surface area contributed by atoms with Crippen LogP contribution >= 0.6 is 0 Å². The van der Waals surface area contributed by atoms with Gasteiger partial charge in [0.15, 0.2) is 5.78 Å². The molecule has 2 aromatic carbocycles. The van der Waals surface area contributed by atoms with Gasteiger partial charge in [0, 0.05) is 23.4 Å². The van der Waals surface area contributed by atoms with E-state index in [9.17, 15) is 14.7 Å². The molecular weight excluding hydrogens is 374 g/mol. The maximum absolute atomic E-state index is 12.5. The maximum Gasteiger partial charge on any atom is 0.412 e. The number of carbonyl (C=O) groups is 2. The average Bonchev–Trinajstić information content (AvgIpc) is 2.71. The molecule has 29 heavy (non-hydrogen) atoms. The van der Waals surface area contributed by atoms with Crippen LogP contribution in [0.2, 0.25) is 0 Å². The molecule has 0 aliphatic heterocycles. The Morgan fingerprint density at radius 3 is 2.34 bits per heavy atom. The van der Waals surface area contributed by atoms with E-state index in [2.05, 4.69) is 5.32 Å². The van der Waals surface area contributed by atoms with Gasteiger partial charge >= 0.3 is 6.09 Å². The lowest BCUT2D eigenvalue weighted by Gasteiger charge is -2.26. The second kappa shape index (κ2) is 11.2. The van der Waals surface area contributed by atoms with Gasteiger partial charge < -0.3 is 19.7 Å². The molecule has 0 saturated heterocycles. The standard InChI is InChI=1S/C22H27NO6/c1-15(11-12-24)21(19-5-3-4-6-20(19)28-14-13-25)29-22(27)23-18-9-7-17(8-10-18)16(2)26/h3-10,15,21,24-25H,11-14H2,1-2H3,(H,23,27)/t15-,21-/m1/s1. The highest BCUT2D eigenvalue weighted by Crippen LogP contribution is 2.35. The number of hydrogen-bond donors (Lipinski definition) is 3. The Kier molecular flexibility index (Phi) is 8.64. The minimum absolute atomic E-state index is 0.0468. The number of ether oxygens (including phenoxy) is 2. The van der Waals surface area contributed by atoms with Crippen molar-refractivity contribution in [3.05, 3.63) is 59.7 Å². The van der Waals surface area contributed by atoms with Crippen molar-refractivity contribution >= 4 is 17.6 Å². The summed E-state index contributed by atoms with van der Waals surface area (Å²) >= 11 is 0. The summed E-state index contributed by atoms with van der Waals surface area (Å²) in [6.45, 7) is 3.28. The molecule has 0 unspecified atom stereocenters. The lowest BCUT2D eigenvalue weighted by Crippen LogP contribution is -2.23. The topological polar surface area (TPSA) is 105 Å². The van der Waals surface area contributed by atoms with Crippen molar-refractivity contribution in [3.63, 3.8) is 0 Å². The molecule has 0 aromatic heterocycles. The Morgan fingerprint density at radius 2 is 1.72 bits per heavy atom. The van der Waals surface area contributed by atoms with Crippen molar-refractivity contribution in [2.75, 3.05) is 25.1 Å². The van der Waals surface area contributed by atoms with Crippen LogP contribution < -0.4 is 10.1 Å². The fourth-order valence-electron chi connectivity index (χ4n) is 2.89. The summed E-state index contributed by atoms with van der Waals surface area (Å²) in [6, 6.07) is 13.6. The number of aliphatic hydroxyl groups is 2. The number of anilines is 1. The van der Waals surface area contributed by atoms with E-state index in [0.29, 0.717) is 29.0 Å². The zero-order chi connectivity index (χ0) is 21.2. The van der Waals surface area contributed by atoms with Crippen LogP contribution in [-0.2, 0) is 4.74 Å². The van der Waals surface area contributed by atoms with E-state index in [1.807, 2.05) is 13.0 Å². The number of rotatable bonds is 10. The van der Waals surface area contributed by atoms with E-state index < -0.39 is 12.2 Å². The number of para-hydroxylation sites is 1. The molecule has 2 aromatic rings. The van der Waals surface area contributed by atoms with E-state index in [1.165, 1.54) is 6.92 Å². The van der Waals surface area contributed by atoms with Gasteiger partial charge in [-0.15, -0.1) is 0 Å². The number of hydrogen-bond acceptors (Lipinski definition) is 6. The number of aliphatic hydroxyl groups excluding tert-OH is 2. The minimum Gasteiger partial charge on any atom is -0.491 e. The van der Waals surface area contributed by atoms with Gasteiger partial charge in [-0.3, -0.25) is 10.1 Å². The first kappa shape index (κ1) is 22.4. The van der Waals surface area contributed by atoms with E-state index in [1.54, 1.807) is 42.5 Å². The van der Waals surface area contributed by atoms with Gasteiger partial charge in [0.05, 0.1) is 6.61 Å². The fourth-order valence-corrected chi connectivity index (χ4v) is 2.89. The monoisotopic (exact) mass is 401 g/mol. The van der Waals surface area contributed by atoms with Crippen molar-refractivity contribution in [1.82, 2.24) is 0 Å². The second-order valence-corrected chi connectivity index (χ2v) is 6.68. The summed E-state index contributed by atoms with van der Waals surface area (Å²) in [7, 11) is 0. The fraction of sp³-hybridized carbons (Fsp3) is 0.364. The molecule has 0 fully saturated rings. The van der Waals surface area contributed by atoms with E-state index in [-0.39, 0.29) is 31.5 Å². The van der Waals surface area contributed by atoms with Gasteiger partial charge in [0.2, 0.25) is 0 Å². The van der Waals surface area contributed by atoms with Crippen LogP contribution in [0, 0.1) is 5.92 Å². The smallest absolute Gasteiger partial charge is 0.412 e. The highest BCUT2D eigenvalue weighted by molar-refractivity contribution is 5.95. The number of carbonyl (C=O) groups excluding carboxylic acids is 2. The number of Topliss-reactive ketones (excluding diaryl/α,β-unsaturated/α-hetero) is 1. The minimum atomic E-state index is -0.660. The molecule has 2 rings (SSSR count). The van der Waals surface area contributed by atoms with Crippen molar-refractivity contribution in [2.24, 2.45) is 5.92 Å². The molecule has 1 amide bonds. The molecule has 0 spiro atoms. The Labute approximate surface area is 170 Å². The molecule has 156 valence electrons. The van der Waals surface area contributed by atoms with Crippen molar-refractivity contribution in [1.29, 1.82) is 0 Å². The second-order valence-electron chi connectivity index (χ2n) is 6.68. The highest BCUT2D eigenvalue weighted by Gasteiger charge is 2.26. The van der Waals surface area contributed by atoms with Gasteiger partial charge in [-0.1, -0.05) is 25.1 Å². The molecule has 2 atom stereocenters. The van der Waals surface area contributed by atoms with Crippen molar-refractivity contribution in [3.8, 4) is 5.75 Å². The van der Waals surface area contributed by atoms with Gasteiger partial charge in [-0.05, 0) is 49.6 Å².